The number of hydrogen-bond donors (Lipinski definition) is 1. The molecule has 0 saturated heterocycles. The molecule has 3 aliphatic rings. The number of nitrogens with two attached hydrogens (primary N) is 1. The van der Waals surface area contributed by atoms with Crippen LogP contribution in [0.4, 0.5) is 5.95 Å². The molecule has 6 nitrogen and oxygen atoms in total. The summed E-state index contributed by atoms with van der Waals surface area (Å²) < 4.78 is 7.46. The molecule has 0 radical (unpaired) electrons. The molecule has 0 unspecified atom stereocenters. The van der Waals surface area contributed by atoms with E-state index in [0.29, 0.717) is 11.6 Å². The number of Topliss-reactive ketones (excluding diaryl/α,β-unsaturated/α-hetero) is 1. The average molecular weight is 419 g/mol. The molecule has 31 heavy (non-hydrogen) atoms. The molecular weight excluding hydrogens is 388 g/mol. The van der Waals surface area contributed by atoms with E-state index >= 15 is 0 Å². The van der Waals surface area contributed by atoms with Crippen LogP contribution in [0.25, 0.3) is 0 Å². The summed E-state index contributed by atoms with van der Waals surface area (Å²) in [6.45, 7) is 8.36. The van der Waals surface area contributed by atoms with Gasteiger partial charge in [0.05, 0.1) is 18.3 Å². The van der Waals surface area contributed by atoms with Crippen molar-refractivity contribution in [2.24, 2.45) is 7.05 Å². The Hall–Kier alpha value is -2.89. The summed E-state index contributed by atoms with van der Waals surface area (Å²) in [7, 11) is 1.99. The second kappa shape index (κ2) is 6.31. The van der Waals surface area contributed by atoms with Crippen molar-refractivity contribution in [3.05, 3.63) is 64.3 Å². The topological polar surface area (TPSA) is 86.9 Å². The number of aryl methyl sites for hydroxylation is 1. The van der Waals surface area contributed by atoms with Crippen molar-refractivity contribution in [2.75, 3.05) is 5.73 Å². The van der Waals surface area contributed by atoms with E-state index in [0.717, 1.165) is 30.6 Å². The fourth-order valence-corrected chi connectivity index (χ4v) is 5.64. The fraction of sp³-hybridized carbons (Fsp3) is 0.480. The summed E-state index contributed by atoms with van der Waals surface area (Å²) in [6, 6.07) is 8.04. The predicted octanol–water partition coefficient (Wildman–Crippen LogP) is 4.39. The van der Waals surface area contributed by atoms with Crippen LogP contribution < -0.4 is 5.73 Å². The molecule has 3 saturated carbocycles. The Morgan fingerprint density at radius 2 is 1.90 bits per heavy atom. The maximum atomic E-state index is 13.0. The Bertz CT molecular complexity index is 1170. The molecule has 3 aromatic rings. The van der Waals surface area contributed by atoms with Gasteiger partial charge in [-0.1, -0.05) is 38.1 Å². The molecule has 6 heteroatoms. The number of ketones is 1. The molecule has 0 atom stereocenters. The van der Waals surface area contributed by atoms with Crippen molar-refractivity contribution in [3.63, 3.8) is 0 Å². The predicted molar refractivity (Wildman–Crippen MR) is 119 cm³/mol. The molecule has 3 fully saturated rings. The highest BCUT2D eigenvalue weighted by atomic mass is 16.5. The lowest BCUT2D eigenvalue weighted by molar-refractivity contribution is -0.0743. The quantitative estimate of drug-likeness (QED) is 0.621. The van der Waals surface area contributed by atoms with E-state index in [1.165, 1.54) is 16.8 Å². The minimum atomic E-state index is -0.121. The number of aromatic nitrogens is 3. The van der Waals surface area contributed by atoms with Crippen molar-refractivity contribution in [1.29, 1.82) is 0 Å². The van der Waals surface area contributed by atoms with E-state index < -0.39 is 0 Å². The van der Waals surface area contributed by atoms with Crippen LogP contribution in [-0.4, -0.2) is 20.5 Å². The lowest BCUT2D eigenvalue weighted by Crippen LogP contribution is -2.68. The van der Waals surface area contributed by atoms with Crippen molar-refractivity contribution >= 4 is 11.7 Å². The van der Waals surface area contributed by atoms with Crippen molar-refractivity contribution in [1.82, 2.24) is 14.7 Å². The molecule has 2 aromatic heterocycles. The van der Waals surface area contributed by atoms with Crippen LogP contribution in [0.5, 0.6) is 0 Å². The lowest BCUT2D eigenvalue weighted by atomic mass is 9.32. The number of imidazole rings is 1. The van der Waals surface area contributed by atoms with Crippen molar-refractivity contribution in [3.8, 4) is 0 Å². The van der Waals surface area contributed by atoms with Crippen LogP contribution in [0.2, 0.25) is 0 Å². The van der Waals surface area contributed by atoms with Gasteiger partial charge in [-0.3, -0.25) is 4.79 Å². The number of rotatable bonds is 5. The minimum Gasteiger partial charge on any atom is -0.369 e. The second-order valence-electron chi connectivity index (χ2n) is 10.7. The van der Waals surface area contributed by atoms with E-state index in [1.54, 1.807) is 0 Å². The Morgan fingerprint density at radius 1 is 1.19 bits per heavy atom. The molecular formula is C25H30N4O2. The van der Waals surface area contributed by atoms with E-state index in [-0.39, 0.29) is 28.4 Å². The Kier molecular flexibility index (Phi) is 4.08. The summed E-state index contributed by atoms with van der Waals surface area (Å²) >= 11 is 0. The Morgan fingerprint density at radius 3 is 2.48 bits per heavy atom. The van der Waals surface area contributed by atoms with Gasteiger partial charge in [-0.2, -0.15) is 0 Å². The number of nitrogens with zero attached hydrogens (tertiary/aromatic N) is 3. The van der Waals surface area contributed by atoms with Gasteiger partial charge in [0.1, 0.15) is 5.76 Å². The van der Waals surface area contributed by atoms with Crippen LogP contribution >= 0.6 is 0 Å². The first-order valence-corrected chi connectivity index (χ1v) is 10.9. The van der Waals surface area contributed by atoms with Gasteiger partial charge in [0.15, 0.2) is 11.7 Å². The van der Waals surface area contributed by atoms with Gasteiger partial charge in [0.25, 0.3) is 0 Å². The Balaban J connectivity index is 1.35. The molecule has 6 rings (SSSR count). The maximum absolute atomic E-state index is 13.0. The molecule has 3 aliphatic carbocycles. The van der Waals surface area contributed by atoms with Crippen molar-refractivity contribution in [2.45, 2.75) is 69.6 Å². The zero-order chi connectivity index (χ0) is 22.2. The highest BCUT2D eigenvalue weighted by Crippen LogP contribution is 2.74. The van der Waals surface area contributed by atoms with Gasteiger partial charge < -0.3 is 14.8 Å². The standard InChI is InChI=1S/C25H30N4O2/c1-15-6-7-16(19(30)9-17-10-21(31-28-17)23(2,3)4)8-18(15)24-12-25(13-24,14-24)20-11-27-22(26)29(20)5/h6-8,10-11H,9,12-14H2,1-5H3,(H2,26,27). The first-order valence-electron chi connectivity index (χ1n) is 10.9. The molecule has 2 N–H and O–H groups in total. The third kappa shape index (κ3) is 2.95. The van der Waals surface area contributed by atoms with Crippen LogP contribution in [0.3, 0.4) is 0 Å². The number of carbonyl (C=O) groups excluding carboxylic acids is 1. The van der Waals surface area contributed by atoms with Gasteiger partial charge in [0.2, 0.25) is 0 Å². The summed E-state index contributed by atoms with van der Waals surface area (Å²) in [6.07, 6.45) is 5.46. The number of benzene rings is 1. The lowest BCUT2D eigenvalue weighted by Gasteiger charge is -2.71. The number of anilines is 1. The Labute approximate surface area is 182 Å². The summed E-state index contributed by atoms with van der Waals surface area (Å²) in [5.74, 6) is 1.45. The normalized spacial score (nSPS) is 24.5. The van der Waals surface area contributed by atoms with Crippen LogP contribution in [-0.2, 0) is 29.7 Å². The third-order valence-electron chi connectivity index (χ3n) is 7.37. The first-order chi connectivity index (χ1) is 14.5. The number of carbonyl (C=O) groups is 1. The van der Waals surface area contributed by atoms with E-state index in [2.05, 4.69) is 50.0 Å². The smallest absolute Gasteiger partial charge is 0.200 e. The molecule has 1 aromatic carbocycles. The van der Waals surface area contributed by atoms with Gasteiger partial charge in [-0.05, 0) is 48.8 Å². The number of hydrogen-bond acceptors (Lipinski definition) is 5. The van der Waals surface area contributed by atoms with Crippen molar-refractivity contribution < 1.29 is 9.32 Å². The fourth-order valence-electron chi connectivity index (χ4n) is 5.64. The largest absolute Gasteiger partial charge is 0.369 e. The molecule has 0 spiro atoms. The minimum absolute atomic E-state index is 0.0794. The second-order valence-corrected chi connectivity index (χ2v) is 10.7. The zero-order valence-corrected chi connectivity index (χ0v) is 19.0. The third-order valence-corrected chi connectivity index (χ3v) is 7.37. The van der Waals surface area contributed by atoms with Crippen LogP contribution in [0, 0.1) is 6.92 Å². The summed E-state index contributed by atoms with van der Waals surface area (Å²) in [5, 5.41) is 4.11. The number of nitrogen functional groups attached to an aromatic ring is 1. The van der Waals surface area contributed by atoms with Gasteiger partial charge in [0, 0.05) is 35.2 Å². The molecule has 0 amide bonds. The van der Waals surface area contributed by atoms with Gasteiger partial charge in [-0.25, -0.2) is 4.98 Å². The molecule has 2 heterocycles. The van der Waals surface area contributed by atoms with E-state index in [1.807, 2.05) is 29.9 Å². The average Bonchev–Trinajstić information content (AvgIpc) is 3.23. The van der Waals surface area contributed by atoms with Crippen LogP contribution in [0.1, 0.15) is 78.7 Å². The summed E-state index contributed by atoms with van der Waals surface area (Å²) in [4.78, 5) is 17.3. The monoisotopic (exact) mass is 418 g/mol. The van der Waals surface area contributed by atoms with E-state index in [9.17, 15) is 4.79 Å². The summed E-state index contributed by atoms with van der Waals surface area (Å²) in [5.41, 5.74) is 11.4. The highest BCUT2D eigenvalue weighted by Gasteiger charge is 2.70. The van der Waals surface area contributed by atoms with E-state index in [4.69, 9.17) is 10.3 Å². The molecule has 2 bridgehead atoms. The van der Waals surface area contributed by atoms with Gasteiger partial charge in [-0.15, -0.1) is 0 Å². The zero-order valence-electron chi connectivity index (χ0n) is 19.0. The maximum Gasteiger partial charge on any atom is 0.200 e. The molecule has 0 aliphatic heterocycles. The van der Waals surface area contributed by atoms with Gasteiger partial charge >= 0.3 is 0 Å². The highest BCUT2D eigenvalue weighted by molar-refractivity contribution is 5.97. The SMILES string of the molecule is Cc1ccc(C(=O)Cc2cc(C(C)(C)C)on2)cc1C12CC(c3cnc(N)n3C)(C1)C2. The van der Waals surface area contributed by atoms with Crippen LogP contribution in [0.15, 0.2) is 35.0 Å². The first kappa shape index (κ1) is 20.0. The molecule has 162 valence electrons.